The lowest BCUT2D eigenvalue weighted by Gasteiger charge is -2.02. The van der Waals surface area contributed by atoms with Gasteiger partial charge in [0.2, 0.25) is 15.2 Å². The van der Waals surface area contributed by atoms with E-state index in [1.165, 1.54) is 0 Å². The molecular formula is C6H12N4O2S2. The second-order valence-corrected chi connectivity index (χ2v) is 5.30. The van der Waals surface area contributed by atoms with Crippen LogP contribution in [0.3, 0.4) is 0 Å². The number of aryl methyl sites for hydroxylation is 1. The fraction of sp³-hybridized carbons (Fsp3) is 0.667. The quantitative estimate of drug-likeness (QED) is 0.746. The third-order valence-electron chi connectivity index (χ3n) is 1.39. The Kier molecular flexibility index (Phi) is 3.78. The molecule has 0 amide bonds. The van der Waals surface area contributed by atoms with Crippen molar-refractivity contribution in [2.24, 2.45) is 5.73 Å². The van der Waals surface area contributed by atoms with Crippen molar-refractivity contribution >= 4 is 26.7 Å². The van der Waals surface area contributed by atoms with Gasteiger partial charge in [0.15, 0.2) is 0 Å². The zero-order chi connectivity index (χ0) is 10.6. The molecule has 1 heterocycles. The molecule has 0 bridgehead atoms. The summed E-state index contributed by atoms with van der Waals surface area (Å²) >= 11 is 1.03. The highest BCUT2D eigenvalue weighted by atomic mass is 32.2. The second-order valence-electron chi connectivity index (χ2n) is 2.71. The highest BCUT2D eigenvalue weighted by Crippen LogP contribution is 2.12. The summed E-state index contributed by atoms with van der Waals surface area (Å²) in [7, 11) is -3.31. The molecule has 0 aromatic carbocycles. The molecule has 1 rings (SSSR count). The van der Waals surface area contributed by atoms with Crippen LogP contribution in [0.15, 0.2) is 0 Å². The lowest BCUT2D eigenvalue weighted by atomic mass is 10.5. The number of nitrogens with two attached hydrogens (primary N) is 1. The minimum absolute atomic E-state index is 0.0160. The van der Waals surface area contributed by atoms with Crippen molar-refractivity contribution in [2.75, 3.05) is 17.0 Å². The molecule has 0 fully saturated rings. The lowest BCUT2D eigenvalue weighted by molar-refractivity contribution is 0.598. The van der Waals surface area contributed by atoms with E-state index in [9.17, 15) is 8.42 Å². The Morgan fingerprint density at radius 2 is 2.29 bits per heavy atom. The molecule has 0 aliphatic carbocycles. The summed E-state index contributed by atoms with van der Waals surface area (Å²) < 4.78 is 28.9. The van der Waals surface area contributed by atoms with Gasteiger partial charge in [0, 0.05) is 11.5 Å². The van der Waals surface area contributed by atoms with E-state index in [1.54, 1.807) is 6.92 Å². The number of anilines is 1. The Morgan fingerprint density at radius 3 is 2.79 bits per heavy atom. The predicted molar refractivity (Wildman–Crippen MR) is 55.7 cm³/mol. The van der Waals surface area contributed by atoms with Crippen molar-refractivity contribution in [3.8, 4) is 0 Å². The highest BCUT2D eigenvalue weighted by molar-refractivity contribution is 7.92. The number of rotatable bonds is 5. The predicted octanol–water partition coefficient (Wildman–Crippen LogP) is -0.0630. The van der Waals surface area contributed by atoms with Crippen LogP contribution in [0.5, 0.6) is 0 Å². The molecule has 3 N–H and O–H groups in total. The van der Waals surface area contributed by atoms with E-state index < -0.39 is 10.0 Å². The van der Waals surface area contributed by atoms with Crippen molar-refractivity contribution in [3.63, 3.8) is 0 Å². The van der Waals surface area contributed by atoms with E-state index in [-0.39, 0.29) is 5.75 Å². The zero-order valence-electron chi connectivity index (χ0n) is 7.73. The van der Waals surface area contributed by atoms with Crippen molar-refractivity contribution in [1.82, 2.24) is 9.36 Å². The molecule has 0 atom stereocenters. The molecular weight excluding hydrogens is 224 g/mol. The van der Waals surface area contributed by atoms with Gasteiger partial charge >= 0.3 is 0 Å². The van der Waals surface area contributed by atoms with Crippen molar-refractivity contribution < 1.29 is 8.42 Å². The number of nitrogens with zero attached hydrogens (tertiary/aromatic N) is 2. The zero-order valence-corrected chi connectivity index (χ0v) is 9.36. The van der Waals surface area contributed by atoms with Gasteiger partial charge in [-0.2, -0.15) is 4.37 Å². The molecule has 0 radical (unpaired) electrons. The van der Waals surface area contributed by atoms with Gasteiger partial charge in [-0.15, -0.1) is 0 Å². The molecule has 1 aromatic rings. The highest BCUT2D eigenvalue weighted by Gasteiger charge is 2.11. The van der Waals surface area contributed by atoms with Crippen LogP contribution >= 0.6 is 11.5 Å². The maximum Gasteiger partial charge on any atom is 0.234 e. The van der Waals surface area contributed by atoms with Gasteiger partial charge < -0.3 is 5.73 Å². The molecule has 0 aliphatic rings. The molecule has 0 spiro atoms. The Balaban J connectivity index is 2.59. The van der Waals surface area contributed by atoms with Gasteiger partial charge in [0.1, 0.15) is 5.82 Å². The van der Waals surface area contributed by atoms with E-state index >= 15 is 0 Å². The van der Waals surface area contributed by atoms with Gasteiger partial charge in [0.05, 0.1) is 5.75 Å². The smallest absolute Gasteiger partial charge is 0.234 e. The van der Waals surface area contributed by atoms with E-state index in [2.05, 4.69) is 14.1 Å². The van der Waals surface area contributed by atoms with Crippen LogP contribution in [0.1, 0.15) is 12.2 Å². The summed E-state index contributed by atoms with van der Waals surface area (Å²) in [5.74, 6) is 0.578. The van der Waals surface area contributed by atoms with Crippen LogP contribution in [0.25, 0.3) is 0 Å². The maximum absolute atomic E-state index is 11.3. The summed E-state index contributed by atoms with van der Waals surface area (Å²) in [6, 6.07) is 0. The third kappa shape index (κ3) is 3.56. The number of aromatic nitrogens is 2. The third-order valence-corrected chi connectivity index (χ3v) is 3.57. The Morgan fingerprint density at radius 1 is 1.57 bits per heavy atom. The Hall–Kier alpha value is -0.730. The van der Waals surface area contributed by atoms with E-state index in [0.717, 1.165) is 11.5 Å². The SMILES string of the molecule is Cc1nsc(NS(=O)(=O)CCCN)n1. The summed E-state index contributed by atoms with van der Waals surface area (Å²) in [6.07, 6.45) is 0.438. The minimum atomic E-state index is -3.31. The number of nitrogens with one attached hydrogen (secondary N) is 1. The monoisotopic (exact) mass is 236 g/mol. The van der Waals surface area contributed by atoms with Crippen LogP contribution in [-0.2, 0) is 10.0 Å². The lowest BCUT2D eigenvalue weighted by Crippen LogP contribution is -2.18. The molecule has 1 aromatic heterocycles. The van der Waals surface area contributed by atoms with E-state index in [4.69, 9.17) is 5.73 Å². The molecule has 14 heavy (non-hydrogen) atoms. The van der Waals surface area contributed by atoms with Crippen LogP contribution in [0.4, 0.5) is 5.13 Å². The van der Waals surface area contributed by atoms with Crippen LogP contribution in [-0.4, -0.2) is 30.1 Å². The number of hydrogen-bond acceptors (Lipinski definition) is 6. The normalized spacial score (nSPS) is 11.6. The first-order valence-electron chi connectivity index (χ1n) is 4.04. The first-order valence-corrected chi connectivity index (χ1v) is 6.47. The average molecular weight is 236 g/mol. The maximum atomic E-state index is 11.3. The van der Waals surface area contributed by atoms with Crippen LogP contribution in [0.2, 0.25) is 0 Å². The molecule has 0 aliphatic heterocycles. The van der Waals surface area contributed by atoms with Gasteiger partial charge in [-0.25, -0.2) is 13.4 Å². The Bertz CT molecular complexity index is 386. The summed E-state index contributed by atoms with van der Waals surface area (Å²) in [5.41, 5.74) is 5.22. The largest absolute Gasteiger partial charge is 0.330 e. The van der Waals surface area contributed by atoms with Gasteiger partial charge in [-0.1, -0.05) is 0 Å². The van der Waals surface area contributed by atoms with Crippen molar-refractivity contribution in [1.29, 1.82) is 0 Å². The molecule has 80 valence electrons. The van der Waals surface area contributed by atoms with E-state index in [0.29, 0.717) is 23.9 Å². The van der Waals surface area contributed by atoms with Crippen molar-refractivity contribution in [2.45, 2.75) is 13.3 Å². The van der Waals surface area contributed by atoms with Crippen molar-refractivity contribution in [3.05, 3.63) is 5.82 Å². The molecule has 0 saturated heterocycles. The number of sulfonamides is 1. The van der Waals surface area contributed by atoms with Gasteiger partial charge in [-0.3, -0.25) is 4.72 Å². The topological polar surface area (TPSA) is 98.0 Å². The summed E-state index contributed by atoms with van der Waals surface area (Å²) in [4.78, 5) is 3.89. The van der Waals surface area contributed by atoms with Crippen LogP contribution in [0, 0.1) is 6.92 Å². The van der Waals surface area contributed by atoms with E-state index in [1.807, 2.05) is 0 Å². The molecule has 0 unspecified atom stereocenters. The fourth-order valence-corrected chi connectivity index (χ4v) is 2.72. The number of hydrogen-bond donors (Lipinski definition) is 2. The second kappa shape index (κ2) is 4.67. The van der Waals surface area contributed by atoms with Crippen LogP contribution < -0.4 is 10.5 Å². The van der Waals surface area contributed by atoms with Gasteiger partial charge in [0.25, 0.3) is 0 Å². The fourth-order valence-electron chi connectivity index (χ4n) is 0.796. The summed E-state index contributed by atoms with van der Waals surface area (Å²) in [5, 5.41) is 0.305. The standard InChI is InChI=1S/C6H12N4O2S2/c1-5-8-6(13-9-5)10-14(11,12)4-2-3-7/h2-4,7H2,1H3,(H,8,9,10). The minimum Gasteiger partial charge on any atom is -0.330 e. The first kappa shape index (κ1) is 11.3. The van der Waals surface area contributed by atoms with Gasteiger partial charge in [-0.05, 0) is 19.9 Å². The molecule has 6 nitrogen and oxygen atoms in total. The Labute approximate surface area is 86.8 Å². The first-order chi connectivity index (χ1) is 6.53. The average Bonchev–Trinajstić information content (AvgIpc) is 2.47. The molecule has 0 saturated carbocycles. The molecule has 8 heteroatoms. The summed E-state index contributed by atoms with van der Waals surface area (Å²) in [6.45, 7) is 2.06.